The average Bonchev–Trinajstić information content (AvgIpc) is 2.38. The SMILES string of the molecule is O=C(O)CCCCC(=O)NC(=O)Nc1ccc(F)cc1F. The first-order chi connectivity index (χ1) is 9.88. The molecule has 0 spiro atoms. The molecular formula is C13H14F2N2O4. The molecule has 0 radical (unpaired) electrons. The van der Waals surface area contributed by atoms with Gasteiger partial charge in [0.05, 0.1) is 5.69 Å². The quantitative estimate of drug-likeness (QED) is 0.702. The van der Waals surface area contributed by atoms with Crippen molar-refractivity contribution in [3.63, 3.8) is 0 Å². The molecule has 0 bridgehead atoms. The number of nitrogens with one attached hydrogen (secondary N) is 2. The Labute approximate surface area is 119 Å². The van der Waals surface area contributed by atoms with Crippen molar-refractivity contribution in [3.8, 4) is 0 Å². The van der Waals surface area contributed by atoms with Crippen LogP contribution in [0.1, 0.15) is 25.7 Å². The van der Waals surface area contributed by atoms with E-state index in [1.54, 1.807) is 0 Å². The largest absolute Gasteiger partial charge is 0.481 e. The van der Waals surface area contributed by atoms with E-state index in [0.29, 0.717) is 18.9 Å². The molecule has 0 heterocycles. The smallest absolute Gasteiger partial charge is 0.325 e. The van der Waals surface area contributed by atoms with E-state index in [4.69, 9.17) is 5.11 Å². The molecule has 0 atom stereocenters. The molecule has 1 aromatic rings. The molecule has 0 aliphatic rings. The molecule has 3 N–H and O–H groups in total. The number of aliphatic carboxylic acids is 1. The van der Waals surface area contributed by atoms with Crippen LogP contribution in [0.5, 0.6) is 0 Å². The van der Waals surface area contributed by atoms with Crippen LogP contribution >= 0.6 is 0 Å². The van der Waals surface area contributed by atoms with Crippen molar-refractivity contribution in [2.75, 3.05) is 5.32 Å². The summed E-state index contributed by atoms with van der Waals surface area (Å²) in [6.45, 7) is 0. The Kier molecular flexibility index (Phi) is 6.25. The van der Waals surface area contributed by atoms with Crippen LogP contribution in [0.15, 0.2) is 18.2 Å². The molecule has 114 valence electrons. The van der Waals surface area contributed by atoms with Crippen molar-refractivity contribution in [3.05, 3.63) is 29.8 Å². The molecule has 1 aromatic carbocycles. The number of anilines is 1. The van der Waals surface area contributed by atoms with E-state index in [1.807, 2.05) is 5.32 Å². The number of rotatable bonds is 6. The Morgan fingerprint density at radius 3 is 2.38 bits per heavy atom. The van der Waals surface area contributed by atoms with Gasteiger partial charge in [0.2, 0.25) is 5.91 Å². The van der Waals surface area contributed by atoms with Crippen LogP contribution in [0.25, 0.3) is 0 Å². The molecule has 0 aliphatic heterocycles. The summed E-state index contributed by atoms with van der Waals surface area (Å²) < 4.78 is 25.9. The number of halogens is 2. The summed E-state index contributed by atoms with van der Waals surface area (Å²) in [6, 6.07) is 1.65. The molecule has 0 saturated carbocycles. The molecule has 0 saturated heterocycles. The van der Waals surface area contributed by atoms with Crippen molar-refractivity contribution < 1.29 is 28.3 Å². The number of hydrogen-bond donors (Lipinski definition) is 3. The first kappa shape index (κ1) is 16.5. The minimum absolute atomic E-state index is 0.0212. The first-order valence-corrected chi connectivity index (χ1v) is 6.16. The van der Waals surface area contributed by atoms with Crippen LogP contribution < -0.4 is 10.6 Å². The lowest BCUT2D eigenvalue weighted by atomic mass is 10.2. The summed E-state index contributed by atoms with van der Waals surface area (Å²) in [5, 5.41) is 12.4. The topological polar surface area (TPSA) is 95.5 Å². The summed E-state index contributed by atoms with van der Waals surface area (Å²) in [4.78, 5) is 33.0. The molecule has 0 fully saturated rings. The Morgan fingerprint density at radius 2 is 1.76 bits per heavy atom. The number of carboxylic acid groups (broad SMARTS) is 1. The third-order valence-electron chi connectivity index (χ3n) is 2.48. The number of unbranched alkanes of at least 4 members (excludes halogenated alkanes) is 1. The zero-order chi connectivity index (χ0) is 15.8. The Balaban J connectivity index is 2.36. The number of imide groups is 1. The van der Waals surface area contributed by atoms with E-state index in [9.17, 15) is 23.2 Å². The van der Waals surface area contributed by atoms with E-state index in [-0.39, 0.29) is 18.5 Å². The van der Waals surface area contributed by atoms with Gasteiger partial charge in [0.1, 0.15) is 11.6 Å². The zero-order valence-electron chi connectivity index (χ0n) is 11.0. The Hall–Kier alpha value is -2.51. The highest BCUT2D eigenvalue weighted by Gasteiger charge is 2.11. The lowest BCUT2D eigenvalue weighted by molar-refractivity contribution is -0.137. The molecule has 0 unspecified atom stereocenters. The van der Waals surface area contributed by atoms with E-state index >= 15 is 0 Å². The predicted molar refractivity (Wildman–Crippen MR) is 69.6 cm³/mol. The van der Waals surface area contributed by atoms with Gasteiger partial charge >= 0.3 is 12.0 Å². The van der Waals surface area contributed by atoms with Crippen LogP contribution in [0.3, 0.4) is 0 Å². The third-order valence-corrected chi connectivity index (χ3v) is 2.48. The van der Waals surface area contributed by atoms with Gasteiger partial charge < -0.3 is 10.4 Å². The highest BCUT2D eigenvalue weighted by atomic mass is 19.1. The lowest BCUT2D eigenvalue weighted by Gasteiger charge is -2.07. The summed E-state index contributed by atoms with van der Waals surface area (Å²) in [6.07, 6.45) is 0.556. The molecule has 8 heteroatoms. The zero-order valence-corrected chi connectivity index (χ0v) is 11.0. The fourth-order valence-corrected chi connectivity index (χ4v) is 1.50. The second-order valence-electron chi connectivity index (χ2n) is 4.23. The van der Waals surface area contributed by atoms with Crippen molar-refractivity contribution in [2.24, 2.45) is 0 Å². The van der Waals surface area contributed by atoms with Crippen LogP contribution in [0.2, 0.25) is 0 Å². The second kappa shape index (κ2) is 7.93. The number of hydrogen-bond acceptors (Lipinski definition) is 3. The maximum Gasteiger partial charge on any atom is 0.325 e. The molecule has 1 rings (SSSR count). The van der Waals surface area contributed by atoms with Crippen molar-refractivity contribution in [1.82, 2.24) is 5.32 Å². The summed E-state index contributed by atoms with van der Waals surface area (Å²) in [5.41, 5.74) is -0.257. The highest BCUT2D eigenvalue weighted by molar-refractivity contribution is 6.01. The number of urea groups is 1. The van der Waals surface area contributed by atoms with E-state index < -0.39 is 29.5 Å². The van der Waals surface area contributed by atoms with Gasteiger partial charge in [0.25, 0.3) is 0 Å². The van der Waals surface area contributed by atoms with Gasteiger partial charge in [-0.3, -0.25) is 14.9 Å². The molecular weight excluding hydrogens is 286 g/mol. The highest BCUT2D eigenvalue weighted by Crippen LogP contribution is 2.14. The third kappa shape index (κ3) is 6.46. The number of benzene rings is 1. The standard InChI is InChI=1S/C13H14F2N2O4/c14-8-5-6-10(9(15)7-8)16-13(21)17-11(18)3-1-2-4-12(19)20/h5-7H,1-4H2,(H,19,20)(H2,16,17,18,21). The number of carboxylic acids is 1. The van der Waals surface area contributed by atoms with Crippen LogP contribution in [-0.4, -0.2) is 23.0 Å². The van der Waals surface area contributed by atoms with Gasteiger partial charge in [0.15, 0.2) is 0 Å². The lowest BCUT2D eigenvalue weighted by Crippen LogP contribution is -2.34. The fraction of sp³-hybridized carbons (Fsp3) is 0.308. The summed E-state index contributed by atoms with van der Waals surface area (Å²) >= 11 is 0. The molecule has 0 aromatic heterocycles. The number of carbonyl (C=O) groups excluding carboxylic acids is 2. The monoisotopic (exact) mass is 300 g/mol. The van der Waals surface area contributed by atoms with Crippen molar-refractivity contribution in [1.29, 1.82) is 0 Å². The molecule has 3 amide bonds. The maximum atomic E-state index is 13.2. The average molecular weight is 300 g/mol. The molecule has 21 heavy (non-hydrogen) atoms. The fourth-order valence-electron chi connectivity index (χ4n) is 1.50. The summed E-state index contributed by atoms with van der Waals surface area (Å²) in [7, 11) is 0. The van der Waals surface area contributed by atoms with Gasteiger partial charge in [-0.25, -0.2) is 13.6 Å². The van der Waals surface area contributed by atoms with Crippen molar-refractivity contribution >= 4 is 23.6 Å². The van der Waals surface area contributed by atoms with Gasteiger partial charge in [-0.1, -0.05) is 0 Å². The second-order valence-corrected chi connectivity index (χ2v) is 4.23. The van der Waals surface area contributed by atoms with Gasteiger partial charge in [0, 0.05) is 18.9 Å². The normalized spacial score (nSPS) is 10.0. The number of amides is 3. The van der Waals surface area contributed by atoms with Crippen LogP contribution in [0.4, 0.5) is 19.3 Å². The minimum atomic E-state index is -0.959. The first-order valence-electron chi connectivity index (χ1n) is 6.16. The predicted octanol–water partition coefficient (Wildman–Crippen LogP) is 2.26. The maximum absolute atomic E-state index is 13.2. The van der Waals surface area contributed by atoms with Crippen LogP contribution in [0, 0.1) is 11.6 Å². The van der Waals surface area contributed by atoms with E-state index in [2.05, 4.69) is 5.32 Å². The van der Waals surface area contributed by atoms with Gasteiger partial charge in [-0.05, 0) is 25.0 Å². The summed E-state index contributed by atoms with van der Waals surface area (Å²) in [5.74, 6) is -3.31. The van der Waals surface area contributed by atoms with Crippen molar-refractivity contribution in [2.45, 2.75) is 25.7 Å². The molecule has 6 nitrogen and oxygen atoms in total. The Bertz CT molecular complexity index is 549. The number of carbonyl (C=O) groups is 3. The van der Waals surface area contributed by atoms with Gasteiger partial charge in [-0.2, -0.15) is 0 Å². The van der Waals surface area contributed by atoms with E-state index in [1.165, 1.54) is 0 Å². The Morgan fingerprint density at radius 1 is 1.10 bits per heavy atom. The van der Waals surface area contributed by atoms with E-state index in [0.717, 1.165) is 12.1 Å². The van der Waals surface area contributed by atoms with Gasteiger partial charge in [-0.15, -0.1) is 0 Å². The van der Waals surface area contributed by atoms with Crippen LogP contribution in [-0.2, 0) is 9.59 Å². The molecule has 0 aliphatic carbocycles. The minimum Gasteiger partial charge on any atom is -0.481 e.